The minimum absolute atomic E-state index is 0.105. The van der Waals surface area contributed by atoms with E-state index in [4.69, 9.17) is 5.73 Å². The maximum Gasteiger partial charge on any atom is 0.131 e. The molecule has 102 valence electrons. The first-order valence-corrected chi connectivity index (χ1v) is 7.23. The second-order valence-corrected chi connectivity index (χ2v) is 7.02. The highest BCUT2D eigenvalue weighted by Gasteiger charge is 2.20. The first-order chi connectivity index (χ1) is 8.80. The van der Waals surface area contributed by atoms with Crippen molar-refractivity contribution in [3.05, 3.63) is 57.0 Å². The van der Waals surface area contributed by atoms with E-state index in [1.807, 2.05) is 12.1 Å². The third-order valence-corrected chi connectivity index (χ3v) is 4.82. The van der Waals surface area contributed by atoms with Crippen molar-refractivity contribution in [2.45, 2.75) is 39.2 Å². The van der Waals surface area contributed by atoms with Crippen molar-refractivity contribution in [1.29, 1.82) is 0 Å². The molecule has 0 aliphatic heterocycles. The number of nitrogens with two attached hydrogens (primary N) is 1. The molecule has 2 aromatic rings. The smallest absolute Gasteiger partial charge is 0.131 e. The zero-order valence-corrected chi connectivity index (χ0v) is 12.6. The van der Waals surface area contributed by atoms with E-state index >= 15 is 0 Å². The van der Waals surface area contributed by atoms with E-state index in [1.165, 1.54) is 4.88 Å². The fraction of sp³-hybridized carbons (Fsp3) is 0.375. The van der Waals surface area contributed by atoms with Crippen LogP contribution in [0.5, 0.6) is 0 Å². The lowest BCUT2D eigenvalue weighted by Gasteiger charge is -2.16. The number of thiophene rings is 1. The summed E-state index contributed by atoms with van der Waals surface area (Å²) < 4.78 is 14.1. The number of aryl methyl sites for hydroxylation is 1. The molecule has 0 spiro atoms. The van der Waals surface area contributed by atoms with Gasteiger partial charge in [0.05, 0.1) is 6.04 Å². The van der Waals surface area contributed by atoms with Crippen molar-refractivity contribution in [2.24, 2.45) is 5.73 Å². The van der Waals surface area contributed by atoms with Gasteiger partial charge in [0.25, 0.3) is 0 Å². The Morgan fingerprint density at radius 2 is 1.84 bits per heavy atom. The molecular formula is C16H20FNS. The molecule has 0 saturated carbocycles. The van der Waals surface area contributed by atoms with E-state index in [2.05, 4.69) is 26.8 Å². The van der Waals surface area contributed by atoms with Gasteiger partial charge in [0, 0.05) is 15.3 Å². The average molecular weight is 277 g/mol. The highest BCUT2D eigenvalue weighted by Crippen LogP contribution is 2.34. The van der Waals surface area contributed by atoms with Crippen LogP contribution in [0.15, 0.2) is 30.3 Å². The quantitative estimate of drug-likeness (QED) is 0.856. The van der Waals surface area contributed by atoms with Gasteiger partial charge in [0.15, 0.2) is 0 Å². The van der Waals surface area contributed by atoms with Crippen LogP contribution in [0.2, 0.25) is 0 Å². The van der Waals surface area contributed by atoms with Gasteiger partial charge in [-0.2, -0.15) is 0 Å². The molecular weight excluding hydrogens is 257 g/mol. The van der Waals surface area contributed by atoms with Gasteiger partial charge < -0.3 is 5.73 Å². The molecule has 2 rings (SSSR count). The molecule has 1 aromatic carbocycles. The molecule has 0 saturated heterocycles. The number of benzene rings is 1. The lowest BCUT2D eigenvalue weighted by atomic mass is 9.95. The topological polar surface area (TPSA) is 26.0 Å². The summed E-state index contributed by atoms with van der Waals surface area (Å²) in [7, 11) is 0. The van der Waals surface area contributed by atoms with Crippen LogP contribution >= 0.6 is 11.3 Å². The molecule has 0 amide bonds. The lowest BCUT2D eigenvalue weighted by molar-refractivity contribution is 0.592. The van der Waals surface area contributed by atoms with Gasteiger partial charge in [0.1, 0.15) is 5.82 Å². The molecule has 1 heterocycles. The Morgan fingerprint density at radius 3 is 2.42 bits per heavy atom. The van der Waals surface area contributed by atoms with Crippen LogP contribution in [0.4, 0.5) is 4.39 Å². The maximum absolute atomic E-state index is 14.1. The first-order valence-electron chi connectivity index (χ1n) is 6.41. The van der Waals surface area contributed by atoms with E-state index in [1.54, 1.807) is 30.4 Å². The summed E-state index contributed by atoms with van der Waals surface area (Å²) in [6.45, 7) is 8.27. The zero-order chi connectivity index (χ0) is 14.2. The Morgan fingerprint density at radius 1 is 1.16 bits per heavy atom. The van der Waals surface area contributed by atoms with Crippen LogP contribution in [-0.4, -0.2) is 0 Å². The van der Waals surface area contributed by atoms with Crippen molar-refractivity contribution in [3.8, 4) is 0 Å². The Balaban J connectivity index is 2.37. The second-order valence-electron chi connectivity index (χ2n) is 5.91. The Bertz CT molecular complexity index is 581. The van der Waals surface area contributed by atoms with Crippen molar-refractivity contribution in [3.63, 3.8) is 0 Å². The van der Waals surface area contributed by atoms with Crippen LogP contribution < -0.4 is 5.73 Å². The molecule has 1 nitrogen and oxygen atoms in total. The minimum atomic E-state index is -0.388. The zero-order valence-electron chi connectivity index (χ0n) is 11.8. The monoisotopic (exact) mass is 277 g/mol. The van der Waals surface area contributed by atoms with E-state index in [9.17, 15) is 4.39 Å². The van der Waals surface area contributed by atoms with E-state index in [0.717, 1.165) is 4.88 Å². The highest BCUT2D eigenvalue weighted by molar-refractivity contribution is 7.12. The molecule has 0 bridgehead atoms. The van der Waals surface area contributed by atoms with Crippen LogP contribution in [0, 0.1) is 12.7 Å². The lowest BCUT2D eigenvalue weighted by Crippen LogP contribution is -2.13. The minimum Gasteiger partial charge on any atom is -0.320 e. The van der Waals surface area contributed by atoms with Crippen LogP contribution in [0.25, 0.3) is 0 Å². The second kappa shape index (κ2) is 5.06. The SMILES string of the molecule is Cc1cccc(C(N)c2ccc(C(C)(C)C)s2)c1F. The molecule has 2 N–H and O–H groups in total. The Kier molecular flexibility index (Phi) is 3.79. The third kappa shape index (κ3) is 2.88. The highest BCUT2D eigenvalue weighted by atomic mass is 32.1. The number of hydrogen-bond acceptors (Lipinski definition) is 2. The van der Waals surface area contributed by atoms with Gasteiger partial charge in [-0.15, -0.1) is 11.3 Å². The van der Waals surface area contributed by atoms with E-state index in [0.29, 0.717) is 11.1 Å². The molecule has 1 atom stereocenters. The molecule has 0 fully saturated rings. The summed E-state index contributed by atoms with van der Waals surface area (Å²) >= 11 is 1.67. The van der Waals surface area contributed by atoms with Crippen LogP contribution in [-0.2, 0) is 5.41 Å². The predicted octanol–water partition coefficient (Wildman–Crippen LogP) is 4.54. The average Bonchev–Trinajstić information content (AvgIpc) is 2.81. The Hall–Kier alpha value is -1.19. The van der Waals surface area contributed by atoms with Gasteiger partial charge in [-0.3, -0.25) is 0 Å². The van der Waals surface area contributed by atoms with Gasteiger partial charge in [-0.05, 0) is 30.0 Å². The maximum atomic E-state index is 14.1. The predicted molar refractivity (Wildman–Crippen MR) is 80.2 cm³/mol. The first kappa shape index (κ1) is 14.2. The molecule has 1 aromatic heterocycles. The van der Waals surface area contributed by atoms with Gasteiger partial charge >= 0.3 is 0 Å². The summed E-state index contributed by atoms with van der Waals surface area (Å²) in [4.78, 5) is 2.28. The summed E-state index contributed by atoms with van der Waals surface area (Å²) in [5, 5.41) is 0. The van der Waals surface area contributed by atoms with Crippen LogP contribution in [0.3, 0.4) is 0 Å². The van der Waals surface area contributed by atoms with Crippen molar-refractivity contribution in [1.82, 2.24) is 0 Å². The van der Waals surface area contributed by atoms with Crippen molar-refractivity contribution >= 4 is 11.3 Å². The molecule has 0 aliphatic rings. The third-order valence-electron chi connectivity index (χ3n) is 3.23. The summed E-state index contributed by atoms with van der Waals surface area (Å²) in [6, 6.07) is 9.10. The molecule has 0 aliphatic carbocycles. The fourth-order valence-electron chi connectivity index (χ4n) is 1.99. The van der Waals surface area contributed by atoms with Crippen molar-refractivity contribution in [2.75, 3.05) is 0 Å². The number of halogens is 1. The molecule has 19 heavy (non-hydrogen) atoms. The van der Waals surface area contributed by atoms with E-state index in [-0.39, 0.29) is 17.3 Å². The van der Waals surface area contributed by atoms with Crippen LogP contribution in [0.1, 0.15) is 47.7 Å². The van der Waals surface area contributed by atoms with Gasteiger partial charge in [-0.1, -0.05) is 39.0 Å². The molecule has 1 unspecified atom stereocenters. The van der Waals surface area contributed by atoms with E-state index < -0.39 is 0 Å². The summed E-state index contributed by atoms with van der Waals surface area (Å²) in [5.74, 6) is -0.194. The number of rotatable bonds is 2. The van der Waals surface area contributed by atoms with Gasteiger partial charge in [0.2, 0.25) is 0 Å². The normalized spacial score (nSPS) is 13.6. The summed E-state index contributed by atoms with van der Waals surface area (Å²) in [5.41, 5.74) is 7.53. The summed E-state index contributed by atoms with van der Waals surface area (Å²) in [6.07, 6.45) is 0. The van der Waals surface area contributed by atoms with Gasteiger partial charge in [-0.25, -0.2) is 4.39 Å². The Labute approximate surface area is 118 Å². The van der Waals surface area contributed by atoms with Crippen molar-refractivity contribution < 1.29 is 4.39 Å². The standard InChI is InChI=1S/C16H20FNS/c1-10-6-5-7-11(14(10)17)15(18)12-8-9-13(19-12)16(2,3)4/h5-9,15H,18H2,1-4H3. The fourth-order valence-corrected chi connectivity index (χ4v) is 3.07. The number of hydrogen-bond donors (Lipinski definition) is 1. The largest absolute Gasteiger partial charge is 0.320 e. The molecule has 0 radical (unpaired) electrons. The molecule has 3 heteroatoms.